The molecular formula is C17H13FN2OS2. The number of aromatic nitrogens is 1. The summed E-state index contributed by atoms with van der Waals surface area (Å²) in [6, 6.07) is 13.1. The highest BCUT2D eigenvalue weighted by Crippen LogP contribution is 2.27. The lowest BCUT2D eigenvalue weighted by atomic mass is 10.2. The number of hydrogen-bond acceptors (Lipinski definition) is 4. The first-order valence-electron chi connectivity index (χ1n) is 6.88. The maximum absolute atomic E-state index is 12.9. The van der Waals surface area contributed by atoms with Crippen molar-refractivity contribution in [2.24, 2.45) is 0 Å². The SMILES string of the molecule is O=C(Nc1ccc(F)cc1)c1ccccc1SCc1cscn1. The van der Waals surface area contributed by atoms with Crippen molar-refractivity contribution in [3.05, 3.63) is 76.5 Å². The lowest BCUT2D eigenvalue weighted by molar-refractivity contribution is 0.102. The van der Waals surface area contributed by atoms with Gasteiger partial charge in [-0.05, 0) is 36.4 Å². The van der Waals surface area contributed by atoms with Crippen molar-refractivity contribution in [3.8, 4) is 0 Å². The van der Waals surface area contributed by atoms with Gasteiger partial charge >= 0.3 is 0 Å². The Morgan fingerprint density at radius 3 is 2.70 bits per heavy atom. The maximum Gasteiger partial charge on any atom is 0.256 e. The molecule has 3 aromatic rings. The number of thioether (sulfide) groups is 1. The van der Waals surface area contributed by atoms with Crippen LogP contribution in [0, 0.1) is 5.82 Å². The van der Waals surface area contributed by atoms with Crippen molar-refractivity contribution in [1.82, 2.24) is 4.98 Å². The molecule has 0 fully saturated rings. The number of halogens is 1. The lowest BCUT2D eigenvalue weighted by Crippen LogP contribution is -2.12. The first-order chi connectivity index (χ1) is 11.2. The van der Waals surface area contributed by atoms with Gasteiger partial charge in [-0.1, -0.05) is 12.1 Å². The Balaban J connectivity index is 1.73. The van der Waals surface area contributed by atoms with E-state index in [1.807, 2.05) is 23.6 Å². The van der Waals surface area contributed by atoms with Gasteiger partial charge in [0, 0.05) is 21.7 Å². The minimum absolute atomic E-state index is 0.210. The molecular weight excluding hydrogens is 331 g/mol. The standard InChI is InChI=1S/C17H13FN2OS2/c18-12-5-7-13(8-6-12)20-17(21)15-3-1-2-4-16(15)23-10-14-9-22-11-19-14/h1-9,11H,10H2,(H,20,21). The summed E-state index contributed by atoms with van der Waals surface area (Å²) in [6.45, 7) is 0. The number of carbonyl (C=O) groups is 1. The number of nitrogens with zero attached hydrogens (tertiary/aromatic N) is 1. The zero-order valence-electron chi connectivity index (χ0n) is 12.0. The van der Waals surface area contributed by atoms with Crippen molar-refractivity contribution >= 4 is 34.7 Å². The fourth-order valence-electron chi connectivity index (χ4n) is 1.97. The van der Waals surface area contributed by atoms with E-state index >= 15 is 0 Å². The number of carbonyl (C=O) groups excluding carboxylic acids is 1. The van der Waals surface area contributed by atoms with Crippen LogP contribution in [-0.2, 0) is 5.75 Å². The third-order valence-corrected chi connectivity index (χ3v) is 4.84. The Labute approximate surface area is 141 Å². The van der Waals surface area contributed by atoms with Gasteiger partial charge in [-0.25, -0.2) is 9.37 Å². The molecule has 116 valence electrons. The van der Waals surface area contributed by atoms with E-state index in [4.69, 9.17) is 0 Å². The predicted octanol–water partition coefficient (Wildman–Crippen LogP) is 4.83. The zero-order chi connectivity index (χ0) is 16.1. The normalized spacial score (nSPS) is 10.5. The Kier molecular flexibility index (Phi) is 5.05. The van der Waals surface area contributed by atoms with Crippen LogP contribution in [0.4, 0.5) is 10.1 Å². The first kappa shape index (κ1) is 15.7. The number of amides is 1. The van der Waals surface area contributed by atoms with Gasteiger partial charge in [0.1, 0.15) is 5.82 Å². The zero-order valence-corrected chi connectivity index (χ0v) is 13.7. The van der Waals surface area contributed by atoms with Crippen molar-refractivity contribution in [1.29, 1.82) is 0 Å². The van der Waals surface area contributed by atoms with Crippen LogP contribution in [0.2, 0.25) is 0 Å². The number of anilines is 1. The van der Waals surface area contributed by atoms with Crippen molar-refractivity contribution in [2.45, 2.75) is 10.6 Å². The van der Waals surface area contributed by atoms with Crippen LogP contribution in [0.1, 0.15) is 16.1 Å². The molecule has 1 heterocycles. The number of hydrogen-bond donors (Lipinski definition) is 1. The summed E-state index contributed by atoms with van der Waals surface area (Å²) in [5, 5.41) is 4.78. The third kappa shape index (κ3) is 4.18. The van der Waals surface area contributed by atoms with Crippen LogP contribution in [0.5, 0.6) is 0 Å². The van der Waals surface area contributed by atoms with E-state index in [2.05, 4.69) is 10.3 Å². The Hall–Kier alpha value is -2.18. The molecule has 23 heavy (non-hydrogen) atoms. The summed E-state index contributed by atoms with van der Waals surface area (Å²) >= 11 is 3.12. The van der Waals surface area contributed by atoms with E-state index in [0.717, 1.165) is 10.6 Å². The smallest absolute Gasteiger partial charge is 0.256 e. The molecule has 0 aliphatic rings. The van der Waals surface area contributed by atoms with Gasteiger partial charge in [-0.2, -0.15) is 0 Å². The molecule has 3 nitrogen and oxygen atoms in total. The summed E-state index contributed by atoms with van der Waals surface area (Å²) in [5.74, 6) is 0.171. The van der Waals surface area contributed by atoms with E-state index in [9.17, 15) is 9.18 Å². The summed E-state index contributed by atoms with van der Waals surface area (Å²) in [5.41, 5.74) is 3.95. The highest BCUT2D eigenvalue weighted by atomic mass is 32.2. The molecule has 0 atom stereocenters. The monoisotopic (exact) mass is 344 g/mol. The number of nitrogens with one attached hydrogen (secondary N) is 1. The predicted molar refractivity (Wildman–Crippen MR) is 92.5 cm³/mol. The molecule has 1 amide bonds. The van der Waals surface area contributed by atoms with Gasteiger partial charge in [0.2, 0.25) is 0 Å². The van der Waals surface area contributed by atoms with Crippen molar-refractivity contribution < 1.29 is 9.18 Å². The molecule has 0 bridgehead atoms. The highest BCUT2D eigenvalue weighted by Gasteiger charge is 2.12. The molecule has 0 saturated carbocycles. The van der Waals surface area contributed by atoms with Crippen LogP contribution in [0.25, 0.3) is 0 Å². The number of rotatable bonds is 5. The van der Waals surface area contributed by atoms with Crippen LogP contribution >= 0.6 is 23.1 Å². The van der Waals surface area contributed by atoms with Gasteiger partial charge < -0.3 is 5.32 Å². The first-order valence-corrected chi connectivity index (χ1v) is 8.81. The average Bonchev–Trinajstić information content (AvgIpc) is 3.09. The Morgan fingerprint density at radius 2 is 1.96 bits per heavy atom. The molecule has 0 unspecified atom stereocenters. The molecule has 0 aliphatic heterocycles. The average molecular weight is 344 g/mol. The molecule has 0 aliphatic carbocycles. The second kappa shape index (κ2) is 7.39. The second-order valence-electron chi connectivity index (χ2n) is 4.73. The van der Waals surface area contributed by atoms with Crippen molar-refractivity contribution in [3.63, 3.8) is 0 Å². The second-order valence-corrected chi connectivity index (χ2v) is 6.46. The highest BCUT2D eigenvalue weighted by molar-refractivity contribution is 7.98. The maximum atomic E-state index is 12.9. The van der Waals surface area contributed by atoms with Gasteiger partial charge in [0.15, 0.2) is 0 Å². The van der Waals surface area contributed by atoms with E-state index in [1.165, 1.54) is 24.3 Å². The summed E-state index contributed by atoms with van der Waals surface area (Å²) in [4.78, 5) is 17.6. The largest absolute Gasteiger partial charge is 0.322 e. The third-order valence-electron chi connectivity index (χ3n) is 3.09. The minimum atomic E-state index is -0.331. The minimum Gasteiger partial charge on any atom is -0.322 e. The molecule has 3 rings (SSSR count). The molecule has 1 N–H and O–H groups in total. The number of benzene rings is 2. The summed E-state index contributed by atoms with van der Waals surface area (Å²) < 4.78 is 12.9. The van der Waals surface area contributed by atoms with E-state index in [-0.39, 0.29) is 11.7 Å². The van der Waals surface area contributed by atoms with Crippen LogP contribution in [0.15, 0.2) is 64.3 Å². The Bertz CT molecular complexity index is 789. The van der Waals surface area contributed by atoms with E-state index < -0.39 is 0 Å². The molecule has 0 spiro atoms. The summed E-state index contributed by atoms with van der Waals surface area (Å²) in [7, 11) is 0. The molecule has 6 heteroatoms. The van der Waals surface area contributed by atoms with Gasteiger partial charge in [-0.15, -0.1) is 23.1 Å². The number of thiazole rings is 1. The molecule has 1 aromatic heterocycles. The molecule has 0 saturated heterocycles. The van der Waals surface area contributed by atoms with E-state index in [0.29, 0.717) is 17.0 Å². The molecule has 2 aromatic carbocycles. The van der Waals surface area contributed by atoms with Crippen molar-refractivity contribution in [2.75, 3.05) is 5.32 Å². The Morgan fingerprint density at radius 1 is 1.17 bits per heavy atom. The van der Waals surface area contributed by atoms with E-state index in [1.54, 1.807) is 34.7 Å². The molecule has 0 radical (unpaired) electrons. The van der Waals surface area contributed by atoms with Gasteiger partial charge in [0.25, 0.3) is 5.91 Å². The quantitative estimate of drug-likeness (QED) is 0.674. The summed E-state index contributed by atoms with van der Waals surface area (Å²) in [6.07, 6.45) is 0. The van der Waals surface area contributed by atoms with Crippen LogP contribution in [0.3, 0.4) is 0 Å². The fraction of sp³-hybridized carbons (Fsp3) is 0.0588. The lowest BCUT2D eigenvalue weighted by Gasteiger charge is -2.09. The fourth-order valence-corrected chi connectivity index (χ4v) is 3.59. The van der Waals surface area contributed by atoms with Crippen LogP contribution < -0.4 is 5.32 Å². The topological polar surface area (TPSA) is 42.0 Å². The van der Waals surface area contributed by atoms with Crippen LogP contribution in [-0.4, -0.2) is 10.9 Å². The van der Waals surface area contributed by atoms with Gasteiger partial charge in [-0.3, -0.25) is 4.79 Å². The van der Waals surface area contributed by atoms with Gasteiger partial charge in [0.05, 0.1) is 16.8 Å².